The van der Waals surface area contributed by atoms with Crippen LogP contribution in [0.25, 0.3) is 21.7 Å². The van der Waals surface area contributed by atoms with Crippen LogP contribution in [0.3, 0.4) is 0 Å². The van der Waals surface area contributed by atoms with E-state index in [1.54, 1.807) is 42.5 Å². The van der Waals surface area contributed by atoms with Gasteiger partial charge in [-0.3, -0.25) is 14.4 Å². The lowest BCUT2D eigenvalue weighted by Crippen LogP contribution is -2.33. The first kappa shape index (κ1) is 21.1. The summed E-state index contributed by atoms with van der Waals surface area (Å²) in [6, 6.07) is 11.9. The highest BCUT2D eigenvalue weighted by molar-refractivity contribution is 5.96. The summed E-state index contributed by atoms with van der Waals surface area (Å²) in [6.45, 7) is 2.22. The van der Waals surface area contributed by atoms with E-state index in [1.807, 2.05) is 6.92 Å². The van der Waals surface area contributed by atoms with Crippen LogP contribution in [0.1, 0.15) is 23.2 Å². The third-order valence-electron chi connectivity index (χ3n) is 5.25. The zero-order valence-electron chi connectivity index (χ0n) is 17.9. The summed E-state index contributed by atoms with van der Waals surface area (Å²) in [4.78, 5) is 49.5. The summed E-state index contributed by atoms with van der Waals surface area (Å²) < 4.78 is 10.5. The smallest absolute Gasteiger partial charge is 0.270 e. The third-order valence-corrected chi connectivity index (χ3v) is 5.25. The molecule has 0 aliphatic rings. The maximum Gasteiger partial charge on any atom is 0.270 e. The highest BCUT2D eigenvalue weighted by Crippen LogP contribution is 2.30. The van der Waals surface area contributed by atoms with Crippen LogP contribution < -0.4 is 20.6 Å². The van der Waals surface area contributed by atoms with Gasteiger partial charge in [0.2, 0.25) is 0 Å². The Morgan fingerprint density at radius 3 is 2.38 bits per heavy atom. The molecule has 32 heavy (non-hydrogen) atoms. The van der Waals surface area contributed by atoms with E-state index in [0.29, 0.717) is 45.5 Å². The lowest BCUT2D eigenvalue weighted by molar-refractivity contribution is 0.0742. The number of hydrogen-bond donors (Lipinski definition) is 2. The van der Waals surface area contributed by atoms with Crippen molar-refractivity contribution in [1.82, 2.24) is 19.9 Å². The Morgan fingerprint density at radius 1 is 0.969 bits per heavy atom. The molecule has 2 heterocycles. The number of benzene rings is 2. The van der Waals surface area contributed by atoms with Gasteiger partial charge in [-0.1, -0.05) is 18.2 Å². The van der Waals surface area contributed by atoms with Crippen molar-refractivity contribution in [1.29, 1.82) is 0 Å². The molecule has 0 spiro atoms. The fourth-order valence-electron chi connectivity index (χ4n) is 3.59. The Labute approximate surface area is 182 Å². The van der Waals surface area contributed by atoms with Crippen molar-refractivity contribution in [2.75, 3.05) is 20.8 Å². The number of methoxy groups -OCH3 is 2. The zero-order valence-corrected chi connectivity index (χ0v) is 17.9. The van der Waals surface area contributed by atoms with E-state index in [2.05, 4.69) is 15.0 Å². The molecule has 9 nitrogen and oxygen atoms in total. The molecule has 2 aromatic heterocycles. The molecule has 0 radical (unpaired) electrons. The number of aromatic nitrogens is 3. The van der Waals surface area contributed by atoms with Crippen LogP contribution >= 0.6 is 0 Å². The normalized spacial score (nSPS) is 11.0. The number of H-pyrrole nitrogens is 2. The van der Waals surface area contributed by atoms with Crippen LogP contribution in [-0.4, -0.2) is 46.5 Å². The van der Waals surface area contributed by atoms with Crippen LogP contribution in [0.4, 0.5) is 0 Å². The van der Waals surface area contributed by atoms with E-state index in [9.17, 15) is 14.4 Å². The van der Waals surface area contributed by atoms with Gasteiger partial charge in [-0.05, 0) is 30.5 Å². The van der Waals surface area contributed by atoms with Crippen molar-refractivity contribution in [3.8, 4) is 11.5 Å². The number of hydrogen-bond acceptors (Lipinski definition) is 6. The maximum atomic E-state index is 13.1. The minimum absolute atomic E-state index is 0.0592. The lowest BCUT2D eigenvalue weighted by Gasteiger charge is -2.20. The summed E-state index contributed by atoms with van der Waals surface area (Å²) >= 11 is 0. The third kappa shape index (κ3) is 3.80. The van der Waals surface area contributed by atoms with Crippen molar-refractivity contribution >= 4 is 27.6 Å². The highest BCUT2D eigenvalue weighted by Gasteiger charge is 2.19. The van der Waals surface area contributed by atoms with Gasteiger partial charge in [-0.25, -0.2) is 4.98 Å². The van der Waals surface area contributed by atoms with Gasteiger partial charge < -0.3 is 24.3 Å². The summed E-state index contributed by atoms with van der Waals surface area (Å²) in [5, 5.41) is 1.53. The molecule has 4 aromatic rings. The summed E-state index contributed by atoms with van der Waals surface area (Å²) in [6.07, 6.45) is 0. The van der Waals surface area contributed by atoms with E-state index in [0.717, 1.165) is 0 Å². The molecule has 0 bridgehead atoms. The minimum Gasteiger partial charge on any atom is -0.493 e. The molecule has 0 aliphatic carbocycles. The topological polar surface area (TPSA) is 117 Å². The number of nitrogens with one attached hydrogen (secondary N) is 2. The standard InChI is InChI=1S/C23H22N4O5/c1-4-27(23(30)17-9-13-7-5-6-8-14(13)21(28)25-17)12-20-24-16-11-19(32-3)18(31-2)10-15(16)22(29)26-20/h5-11H,4,12H2,1-3H3,(H,25,28)(H,24,26,29). The molecule has 2 N–H and O–H groups in total. The van der Waals surface area contributed by atoms with Gasteiger partial charge in [-0.15, -0.1) is 0 Å². The molecule has 0 aliphatic heterocycles. The molecule has 0 fully saturated rings. The predicted molar refractivity (Wildman–Crippen MR) is 120 cm³/mol. The van der Waals surface area contributed by atoms with E-state index in [1.165, 1.54) is 19.1 Å². The van der Waals surface area contributed by atoms with Crippen LogP contribution in [0.2, 0.25) is 0 Å². The van der Waals surface area contributed by atoms with E-state index < -0.39 is 0 Å². The zero-order chi connectivity index (χ0) is 22.8. The van der Waals surface area contributed by atoms with Gasteiger partial charge in [0.25, 0.3) is 17.0 Å². The van der Waals surface area contributed by atoms with Crippen molar-refractivity contribution in [3.63, 3.8) is 0 Å². The SMILES string of the molecule is CCN(Cc1nc2cc(OC)c(OC)cc2c(=O)[nH]1)C(=O)c1cc2ccccc2c(=O)[nH]1. The molecular formula is C23H22N4O5. The van der Waals surface area contributed by atoms with Gasteiger partial charge in [0.05, 0.1) is 31.7 Å². The first-order valence-electron chi connectivity index (χ1n) is 10.0. The summed E-state index contributed by atoms with van der Waals surface area (Å²) in [7, 11) is 2.99. The van der Waals surface area contributed by atoms with E-state index >= 15 is 0 Å². The number of nitrogens with zero attached hydrogens (tertiary/aromatic N) is 2. The number of amides is 1. The lowest BCUT2D eigenvalue weighted by atomic mass is 10.1. The molecule has 2 aromatic carbocycles. The quantitative estimate of drug-likeness (QED) is 0.481. The molecular weight excluding hydrogens is 412 g/mol. The molecule has 4 rings (SSSR count). The highest BCUT2D eigenvalue weighted by atomic mass is 16.5. The molecule has 0 atom stereocenters. The molecule has 9 heteroatoms. The van der Waals surface area contributed by atoms with Crippen LogP contribution in [0, 0.1) is 0 Å². The van der Waals surface area contributed by atoms with Crippen molar-refractivity contribution in [3.05, 3.63) is 74.7 Å². The Hall–Kier alpha value is -4.14. The Morgan fingerprint density at radius 2 is 1.66 bits per heavy atom. The average Bonchev–Trinajstić information content (AvgIpc) is 2.81. The molecule has 0 saturated heterocycles. The second-order valence-electron chi connectivity index (χ2n) is 7.16. The van der Waals surface area contributed by atoms with Crippen molar-refractivity contribution in [2.45, 2.75) is 13.5 Å². The van der Waals surface area contributed by atoms with Crippen LogP contribution in [0.5, 0.6) is 11.5 Å². The van der Waals surface area contributed by atoms with Gasteiger partial charge in [0, 0.05) is 18.0 Å². The summed E-state index contributed by atoms with van der Waals surface area (Å²) in [5.74, 6) is 0.811. The summed E-state index contributed by atoms with van der Waals surface area (Å²) in [5.41, 5.74) is -0.0940. The average molecular weight is 434 g/mol. The van der Waals surface area contributed by atoms with Gasteiger partial charge in [0.15, 0.2) is 11.5 Å². The second kappa shape index (κ2) is 8.54. The van der Waals surface area contributed by atoms with E-state index in [-0.39, 0.29) is 29.3 Å². The Balaban J connectivity index is 1.69. The van der Waals surface area contributed by atoms with Gasteiger partial charge in [0.1, 0.15) is 11.5 Å². The van der Waals surface area contributed by atoms with Crippen LogP contribution in [0.15, 0.2) is 52.1 Å². The first-order chi connectivity index (χ1) is 15.4. The number of ether oxygens (including phenoxy) is 2. The predicted octanol–water partition coefficient (Wildman–Crippen LogP) is 2.44. The molecule has 0 saturated carbocycles. The molecule has 1 amide bonds. The number of fused-ring (bicyclic) bond motifs is 2. The second-order valence-corrected chi connectivity index (χ2v) is 7.16. The minimum atomic E-state index is -0.370. The molecule has 164 valence electrons. The fourth-order valence-corrected chi connectivity index (χ4v) is 3.59. The number of rotatable bonds is 6. The number of pyridine rings is 1. The Bertz CT molecular complexity index is 1440. The molecule has 0 unspecified atom stereocenters. The number of carbonyl (C=O) groups is 1. The number of aromatic amines is 2. The van der Waals surface area contributed by atoms with E-state index in [4.69, 9.17) is 9.47 Å². The Kier molecular flexibility index (Phi) is 5.63. The van der Waals surface area contributed by atoms with Crippen LogP contribution in [-0.2, 0) is 6.54 Å². The largest absolute Gasteiger partial charge is 0.493 e. The number of carbonyl (C=O) groups excluding carboxylic acids is 1. The van der Waals surface area contributed by atoms with Crippen molar-refractivity contribution < 1.29 is 14.3 Å². The fraction of sp³-hybridized carbons (Fsp3) is 0.217. The van der Waals surface area contributed by atoms with Crippen molar-refractivity contribution in [2.24, 2.45) is 0 Å². The first-order valence-corrected chi connectivity index (χ1v) is 10.0. The van der Waals surface area contributed by atoms with Gasteiger partial charge in [-0.2, -0.15) is 0 Å². The van der Waals surface area contributed by atoms with Gasteiger partial charge >= 0.3 is 0 Å². The monoisotopic (exact) mass is 434 g/mol. The maximum absolute atomic E-state index is 13.1.